The fourth-order valence-electron chi connectivity index (χ4n) is 0.898. The van der Waals surface area contributed by atoms with Crippen LogP contribution in [0.4, 0.5) is 0 Å². The van der Waals surface area contributed by atoms with Crippen molar-refractivity contribution >= 4 is 11.3 Å². The summed E-state index contributed by atoms with van der Waals surface area (Å²) in [5.74, 6) is 0. The molecule has 0 spiro atoms. The van der Waals surface area contributed by atoms with Gasteiger partial charge in [0.1, 0.15) is 0 Å². The van der Waals surface area contributed by atoms with Gasteiger partial charge in [0.15, 0.2) is 0 Å². The van der Waals surface area contributed by atoms with Crippen molar-refractivity contribution in [1.29, 1.82) is 0 Å². The monoisotopic (exact) mass is 156 g/mol. The van der Waals surface area contributed by atoms with E-state index in [0.717, 1.165) is 17.2 Å². The average Bonchev–Trinajstić information content (AvgIpc) is 2.13. The van der Waals surface area contributed by atoms with Crippen LogP contribution in [0.25, 0.3) is 0 Å². The Hall–Kier alpha value is -0.410. The number of aromatic nitrogens is 1. The Kier molecular flexibility index (Phi) is 2.40. The Morgan fingerprint density at radius 1 is 1.50 bits per heavy atom. The highest BCUT2D eigenvalue weighted by Gasteiger charge is 2.01. The Balaban J connectivity index is 2.81. The topological polar surface area (TPSA) is 24.9 Å². The molecule has 0 saturated carbocycles. The summed E-state index contributed by atoms with van der Waals surface area (Å²) in [6, 6.07) is 0. The van der Waals surface area contributed by atoms with E-state index in [4.69, 9.17) is 0 Å². The van der Waals surface area contributed by atoms with Crippen molar-refractivity contribution in [3.8, 4) is 0 Å². The second kappa shape index (κ2) is 3.12. The molecule has 0 bridgehead atoms. The van der Waals surface area contributed by atoms with Crippen molar-refractivity contribution in [2.45, 2.75) is 20.4 Å². The van der Waals surface area contributed by atoms with Gasteiger partial charge >= 0.3 is 0 Å². The molecule has 3 heteroatoms. The highest BCUT2D eigenvalue weighted by atomic mass is 32.1. The molecule has 0 unspecified atom stereocenters. The van der Waals surface area contributed by atoms with E-state index in [1.165, 1.54) is 4.88 Å². The molecule has 1 rings (SSSR count). The van der Waals surface area contributed by atoms with E-state index >= 15 is 0 Å². The van der Waals surface area contributed by atoms with Crippen LogP contribution in [-0.2, 0) is 6.54 Å². The van der Waals surface area contributed by atoms with Gasteiger partial charge in [-0.25, -0.2) is 4.98 Å². The number of thiazole rings is 1. The van der Waals surface area contributed by atoms with Gasteiger partial charge in [0, 0.05) is 11.4 Å². The third kappa shape index (κ3) is 1.55. The van der Waals surface area contributed by atoms with Crippen LogP contribution in [-0.4, -0.2) is 12.0 Å². The van der Waals surface area contributed by atoms with Crippen molar-refractivity contribution in [2.75, 3.05) is 7.05 Å². The van der Waals surface area contributed by atoms with Gasteiger partial charge in [0.2, 0.25) is 0 Å². The van der Waals surface area contributed by atoms with Crippen LogP contribution in [0.15, 0.2) is 0 Å². The third-order valence-corrected chi connectivity index (χ3v) is 2.41. The lowest BCUT2D eigenvalue weighted by Crippen LogP contribution is -2.04. The normalized spacial score (nSPS) is 10.3. The predicted octanol–water partition coefficient (Wildman–Crippen LogP) is 1.48. The van der Waals surface area contributed by atoms with Crippen LogP contribution < -0.4 is 5.32 Å². The zero-order chi connectivity index (χ0) is 7.56. The van der Waals surface area contributed by atoms with E-state index in [0.29, 0.717) is 0 Å². The quantitative estimate of drug-likeness (QED) is 0.701. The first kappa shape index (κ1) is 7.69. The van der Waals surface area contributed by atoms with Crippen LogP contribution in [0.1, 0.15) is 15.6 Å². The van der Waals surface area contributed by atoms with Crippen molar-refractivity contribution in [3.63, 3.8) is 0 Å². The zero-order valence-corrected chi connectivity index (χ0v) is 7.38. The third-order valence-electron chi connectivity index (χ3n) is 1.34. The summed E-state index contributed by atoms with van der Waals surface area (Å²) in [6.07, 6.45) is 0. The second-order valence-electron chi connectivity index (χ2n) is 2.27. The Morgan fingerprint density at radius 3 is 2.60 bits per heavy atom. The Bertz CT molecular complexity index is 217. The summed E-state index contributed by atoms with van der Waals surface area (Å²) < 4.78 is 0. The first-order valence-corrected chi connectivity index (χ1v) is 4.13. The van der Waals surface area contributed by atoms with Crippen molar-refractivity contribution in [3.05, 3.63) is 15.6 Å². The van der Waals surface area contributed by atoms with Gasteiger partial charge in [0.25, 0.3) is 0 Å². The molecule has 0 atom stereocenters. The molecule has 1 heterocycles. The number of rotatable bonds is 2. The van der Waals surface area contributed by atoms with Gasteiger partial charge in [-0.3, -0.25) is 0 Å². The molecular formula is C7H12N2S. The van der Waals surface area contributed by atoms with Crippen LogP contribution in [0, 0.1) is 13.8 Å². The molecular weight excluding hydrogens is 144 g/mol. The highest BCUT2D eigenvalue weighted by molar-refractivity contribution is 7.11. The van der Waals surface area contributed by atoms with E-state index in [9.17, 15) is 0 Å². The summed E-state index contributed by atoms with van der Waals surface area (Å²) in [7, 11) is 1.95. The molecule has 1 aromatic rings. The molecule has 0 amide bonds. The minimum Gasteiger partial charge on any atom is -0.315 e. The van der Waals surface area contributed by atoms with Crippen LogP contribution in [0.5, 0.6) is 0 Å². The molecule has 56 valence electrons. The van der Waals surface area contributed by atoms with Gasteiger partial charge < -0.3 is 5.32 Å². The maximum atomic E-state index is 4.31. The predicted molar refractivity (Wildman–Crippen MR) is 44.4 cm³/mol. The molecule has 1 aromatic heterocycles. The number of hydrogen-bond acceptors (Lipinski definition) is 3. The molecule has 0 saturated heterocycles. The average molecular weight is 156 g/mol. The molecule has 10 heavy (non-hydrogen) atoms. The standard InChI is InChI=1S/C7H12N2S/c1-5-7(4-8-3)10-6(2)9-5/h8H,4H2,1-3H3. The number of nitrogens with zero attached hydrogens (tertiary/aromatic N) is 1. The molecule has 0 aromatic carbocycles. The fourth-order valence-corrected chi connectivity index (χ4v) is 1.85. The number of nitrogens with one attached hydrogen (secondary N) is 1. The number of hydrogen-bond donors (Lipinski definition) is 1. The maximum Gasteiger partial charge on any atom is 0.0900 e. The Morgan fingerprint density at radius 2 is 2.20 bits per heavy atom. The van der Waals surface area contributed by atoms with Crippen LogP contribution in [0.3, 0.4) is 0 Å². The minimum absolute atomic E-state index is 0.942. The summed E-state index contributed by atoms with van der Waals surface area (Å²) in [5, 5.41) is 4.26. The molecule has 0 aliphatic heterocycles. The lowest BCUT2D eigenvalue weighted by Gasteiger charge is -1.93. The first-order chi connectivity index (χ1) is 4.74. The lowest BCUT2D eigenvalue weighted by molar-refractivity contribution is 0.822. The van der Waals surface area contributed by atoms with Gasteiger partial charge in [-0.15, -0.1) is 11.3 Å². The van der Waals surface area contributed by atoms with E-state index in [-0.39, 0.29) is 0 Å². The largest absolute Gasteiger partial charge is 0.315 e. The highest BCUT2D eigenvalue weighted by Crippen LogP contribution is 2.15. The van der Waals surface area contributed by atoms with Gasteiger partial charge in [-0.1, -0.05) is 0 Å². The molecule has 0 fully saturated rings. The molecule has 2 nitrogen and oxygen atoms in total. The van der Waals surface area contributed by atoms with Crippen LogP contribution >= 0.6 is 11.3 Å². The van der Waals surface area contributed by atoms with Gasteiger partial charge in [0.05, 0.1) is 10.7 Å². The molecule has 0 radical (unpaired) electrons. The summed E-state index contributed by atoms with van der Waals surface area (Å²) >= 11 is 1.77. The van der Waals surface area contributed by atoms with E-state index in [2.05, 4.69) is 17.2 Å². The van der Waals surface area contributed by atoms with Crippen molar-refractivity contribution < 1.29 is 0 Å². The molecule has 1 N–H and O–H groups in total. The number of aryl methyl sites for hydroxylation is 2. The van der Waals surface area contributed by atoms with Crippen LogP contribution in [0.2, 0.25) is 0 Å². The van der Waals surface area contributed by atoms with Crippen molar-refractivity contribution in [2.24, 2.45) is 0 Å². The van der Waals surface area contributed by atoms with E-state index in [1.54, 1.807) is 11.3 Å². The molecule has 0 aliphatic carbocycles. The Labute approximate surface area is 65.3 Å². The summed E-state index contributed by atoms with van der Waals surface area (Å²) in [6.45, 7) is 5.03. The summed E-state index contributed by atoms with van der Waals surface area (Å²) in [4.78, 5) is 5.66. The van der Waals surface area contributed by atoms with E-state index in [1.807, 2.05) is 14.0 Å². The smallest absolute Gasteiger partial charge is 0.0900 e. The SMILES string of the molecule is CNCc1sc(C)nc1C. The van der Waals surface area contributed by atoms with Gasteiger partial charge in [-0.2, -0.15) is 0 Å². The van der Waals surface area contributed by atoms with Gasteiger partial charge in [-0.05, 0) is 20.9 Å². The first-order valence-electron chi connectivity index (χ1n) is 3.31. The fraction of sp³-hybridized carbons (Fsp3) is 0.571. The van der Waals surface area contributed by atoms with E-state index < -0.39 is 0 Å². The molecule has 0 aliphatic rings. The maximum absolute atomic E-state index is 4.31. The minimum atomic E-state index is 0.942. The zero-order valence-electron chi connectivity index (χ0n) is 6.56. The van der Waals surface area contributed by atoms with Crippen molar-refractivity contribution in [1.82, 2.24) is 10.3 Å². The second-order valence-corrected chi connectivity index (χ2v) is 3.56. The summed E-state index contributed by atoms with van der Waals surface area (Å²) in [5.41, 5.74) is 1.16. The lowest BCUT2D eigenvalue weighted by atomic mass is 10.4.